The fourth-order valence-corrected chi connectivity index (χ4v) is 3.01. The molecule has 0 aliphatic carbocycles. The summed E-state index contributed by atoms with van der Waals surface area (Å²) >= 11 is 1.18. The molecule has 8 heteroatoms. The zero-order valence-corrected chi connectivity index (χ0v) is 15.2. The summed E-state index contributed by atoms with van der Waals surface area (Å²) in [4.78, 5) is 27.2. The maximum absolute atomic E-state index is 14.3. The number of rotatable bonds is 6. The molecule has 0 bridgehead atoms. The number of halogens is 1. The highest BCUT2D eigenvalue weighted by Crippen LogP contribution is 2.28. The van der Waals surface area contributed by atoms with E-state index in [4.69, 9.17) is 4.74 Å². The van der Waals surface area contributed by atoms with Gasteiger partial charge in [-0.1, -0.05) is 18.2 Å². The molecule has 138 valence electrons. The van der Waals surface area contributed by atoms with Gasteiger partial charge in [0.25, 0.3) is 5.91 Å². The van der Waals surface area contributed by atoms with Crippen molar-refractivity contribution in [3.05, 3.63) is 59.7 Å². The Kier molecular flexibility index (Phi) is 5.77. The number of anilines is 2. The van der Waals surface area contributed by atoms with Crippen molar-refractivity contribution < 1.29 is 18.7 Å². The van der Waals surface area contributed by atoms with Gasteiger partial charge < -0.3 is 10.1 Å². The number of para-hydroxylation sites is 1. The monoisotopic (exact) mass is 385 g/mol. The van der Waals surface area contributed by atoms with Crippen molar-refractivity contribution in [2.45, 2.75) is 6.92 Å². The van der Waals surface area contributed by atoms with Crippen LogP contribution in [0.4, 0.5) is 15.2 Å². The summed E-state index contributed by atoms with van der Waals surface area (Å²) in [5.41, 5.74) is 1.04. The number of amides is 2. The van der Waals surface area contributed by atoms with E-state index in [-0.39, 0.29) is 24.0 Å². The second-order valence-corrected chi connectivity index (χ2v) is 6.42. The molecule has 0 aliphatic rings. The highest BCUT2D eigenvalue weighted by atomic mass is 32.1. The first kappa shape index (κ1) is 18.5. The van der Waals surface area contributed by atoms with Gasteiger partial charge in [0.2, 0.25) is 5.91 Å². The van der Waals surface area contributed by atoms with Crippen LogP contribution in [-0.2, 0) is 9.59 Å². The van der Waals surface area contributed by atoms with Crippen molar-refractivity contribution in [1.82, 2.24) is 4.98 Å². The molecule has 3 aromatic rings. The number of ether oxygens (including phenoxy) is 1. The van der Waals surface area contributed by atoms with Crippen LogP contribution < -0.4 is 15.4 Å². The predicted molar refractivity (Wildman–Crippen MR) is 102 cm³/mol. The molecule has 0 saturated heterocycles. The zero-order chi connectivity index (χ0) is 19.2. The number of carbonyl (C=O) groups is 2. The van der Waals surface area contributed by atoms with Crippen molar-refractivity contribution in [2.24, 2.45) is 0 Å². The molecule has 0 aliphatic heterocycles. The van der Waals surface area contributed by atoms with E-state index in [0.717, 1.165) is 0 Å². The van der Waals surface area contributed by atoms with E-state index in [1.54, 1.807) is 23.6 Å². The Labute approximate surface area is 159 Å². The largest absolute Gasteiger partial charge is 0.484 e. The fraction of sp³-hybridized carbons (Fsp3) is 0.105. The van der Waals surface area contributed by atoms with Crippen LogP contribution in [0.15, 0.2) is 53.9 Å². The van der Waals surface area contributed by atoms with E-state index in [2.05, 4.69) is 15.6 Å². The van der Waals surface area contributed by atoms with Gasteiger partial charge in [0.05, 0.1) is 5.69 Å². The lowest BCUT2D eigenvalue weighted by Crippen LogP contribution is -2.20. The summed E-state index contributed by atoms with van der Waals surface area (Å²) in [6.07, 6.45) is 0. The quantitative estimate of drug-likeness (QED) is 0.674. The molecule has 1 heterocycles. The third kappa shape index (κ3) is 5.11. The highest BCUT2D eigenvalue weighted by Gasteiger charge is 2.12. The van der Waals surface area contributed by atoms with Gasteiger partial charge in [-0.3, -0.25) is 14.9 Å². The summed E-state index contributed by atoms with van der Waals surface area (Å²) in [6, 6.07) is 13.3. The number of thiazole rings is 1. The molecule has 0 atom stereocenters. The van der Waals surface area contributed by atoms with Crippen LogP contribution in [0.2, 0.25) is 0 Å². The van der Waals surface area contributed by atoms with Gasteiger partial charge >= 0.3 is 0 Å². The summed E-state index contributed by atoms with van der Waals surface area (Å²) in [6.45, 7) is 1.20. The molecule has 3 rings (SSSR count). The number of carbonyl (C=O) groups excluding carboxylic acids is 2. The summed E-state index contributed by atoms with van der Waals surface area (Å²) in [5, 5.41) is 7.13. The first-order chi connectivity index (χ1) is 13.0. The molecule has 2 aromatic carbocycles. The van der Waals surface area contributed by atoms with E-state index < -0.39 is 5.82 Å². The van der Waals surface area contributed by atoms with Crippen LogP contribution in [0.1, 0.15) is 6.92 Å². The lowest BCUT2D eigenvalue weighted by atomic mass is 10.1. The van der Waals surface area contributed by atoms with Crippen LogP contribution in [0.5, 0.6) is 5.75 Å². The average molecular weight is 385 g/mol. The third-order valence-corrected chi connectivity index (χ3v) is 4.19. The third-order valence-electron chi connectivity index (χ3n) is 3.43. The van der Waals surface area contributed by atoms with Crippen molar-refractivity contribution in [1.29, 1.82) is 0 Å². The topological polar surface area (TPSA) is 80.3 Å². The summed E-state index contributed by atoms with van der Waals surface area (Å²) in [7, 11) is 0. The van der Waals surface area contributed by atoms with Crippen molar-refractivity contribution in [2.75, 3.05) is 17.2 Å². The van der Waals surface area contributed by atoms with E-state index in [9.17, 15) is 14.0 Å². The second-order valence-electron chi connectivity index (χ2n) is 5.56. The van der Waals surface area contributed by atoms with Gasteiger partial charge in [0.15, 0.2) is 11.7 Å². The Hall–Kier alpha value is -3.26. The maximum Gasteiger partial charge on any atom is 0.264 e. The second kappa shape index (κ2) is 8.41. The molecule has 0 spiro atoms. The van der Waals surface area contributed by atoms with Gasteiger partial charge in [-0.15, -0.1) is 11.3 Å². The van der Waals surface area contributed by atoms with Gasteiger partial charge in [-0.25, -0.2) is 9.37 Å². The average Bonchev–Trinajstić information content (AvgIpc) is 3.08. The Balaban J connectivity index is 1.62. The Bertz CT molecular complexity index is 960. The maximum atomic E-state index is 14.3. The summed E-state index contributed by atoms with van der Waals surface area (Å²) < 4.78 is 19.6. The molecule has 0 unspecified atom stereocenters. The number of benzene rings is 2. The van der Waals surface area contributed by atoms with Crippen LogP contribution in [0.25, 0.3) is 11.3 Å². The van der Waals surface area contributed by atoms with Crippen LogP contribution in [-0.4, -0.2) is 23.4 Å². The highest BCUT2D eigenvalue weighted by molar-refractivity contribution is 7.14. The molecule has 1 aromatic heterocycles. The van der Waals surface area contributed by atoms with Crippen molar-refractivity contribution in [3.8, 4) is 17.0 Å². The molecule has 0 radical (unpaired) electrons. The molecule has 0 saturated carbocycles. The van der Waals surface area contributed by atoms with Gasteiger partial charge in [-0.2, -0.15) is 0 Å². The fourth-order valence-electron chi connectivity index (χ4n) is 2.28. The van der Waals surface area contributed by atoms with E-state index in [0.29, 0.717) is 22.3 Å². The predicted octanol–water partition coefficient (Wildman–Crippen LogP) is 3.93. The van der Waals surface area contributed by atoms with Crippen LogP contribution in [0, 0.1) is 5.82 Å². The standard InChI is InChI=1S/C19H16FN3O3S/c1-12(24)21-13-7-8-15(16(20)9-13)17-11-27-19(22-17)23-18(25)10-26-14-5-3-2-4-6-14/h2-9,11H,10H2,1H3,(H,21,24)(H,22,23,25). The number of nitrogens with one attached hydrogen (secondary N) is 2. The molecule has 2 N–H and O–H groups in total. The SMILES string of the molecule is CC(=O)Nc1ccc(-c2csc(NC(=O)COc3ccccc3)n2)c(F)c1. The number of hydrogen-bond acceptors (Lipinski definition) is 5. The smallest absolute Gasteiger partial charge is 0.264 e. The number of aromatic nitrogens is 1. The van der Waals surface area contributed by atoms with Gasteiger partial charge in [0, 0.05) is 23.6 Å². The van der Waals surface area contributed by atoms with Crippen molar-refractivity contribution in [3.63, 3.8) is 0 Å². The minimum Gasteiger partial charge on any atom is -0.484 e. The zero-order valence-electron chi connectivity index (χ0n) is 14.4. The molecule has 2 amide bonds. The first-order valence-electron chi connectivity index (χ1n) is 8.02. The Morgan fingerprint density at radius 2 is 1.93 bits per heavy atom. The number of hydrogen-bond donors (Lipinski definition) is 2. The Morgan fingerprint density at radius 3 is 2.63 bits per heavy atom. The lowest BCUT2D eigenvalue weighted by molar-refractivity contribution is -0.118. The Morgan fingerprint density at radius 1 is 1.15 bits per heavy atom. The number of nitrogens with zero attached hydrogens (tertiary/aromatic N) is 1. The van der Waals surface area contributed by atoms with Crippen molar-refractivity contribution >= 4 is 34.0 Å². The lowest BCUT2D eigenvalue weighted by Gasteiger charge is -2.06. The molecular formula is C19H16FN3O3S. The van der Waals surface area contributed by atoms with Gasteiger partial charge in [0.1, 0.15) is 11.6 Å². The normalized spacial score (nSPS) is 10.3. The first-order valence-corrected chi connectivity index (χ1v) is 8.90. The van der Waals surface area contributed by atoms with Gasteiger partial charge in [-0.05, 0) is 30.3 Å². The van der Waals surface area contributed by atoms with E-state index in [1.807, 2.05) is 18.2 Å². The molecule has 0 fully saturated rings. The summed E-state index contributed by atoms with van der Waals surface area (Å²) in [5.74, 6) is -0.564. The minimum atomic E-state index is -0.517. The van der Waals surface area contributed by atoms with E-state index in [1.165, 1.54) is 30.4 Å². The minimum absolute atomic E-state index is 0.154. The van der Waals surface area contributed by atoms with E-state index >= 15 is 0 Å². The van der Waals surface area contributed by atoms with Crippen LogP contribution in [0.3, 0.4) is 0 Å². The van der Waals surface area contributed by atoms with Crippen LogP contribution >= 0.6 is 11.3 Å². The molecule has 27 heavy (non-hydrogen) atoms. The molecular weight excluding hydrogens is 369 g/mol. The molecule has 6 nitrogen and oxygen atoms in total.